The largest absolute Gasteiger partial charge is 0.329 e. The molecule has 15 heavy (non-hydrogen) atoms. The number of nitrogens with one attached hydrogen (secondary N) is 1. The summed E-state index contributed by atoms with van der Waals surface area (Å²) in [5, 5.41) is 0. The lowest BCUT2D eigenvalue weighted by atomic mass is 10.2. The molecule has 0 atom stereocenters. The van der Waals surface area contributed by atoms with Gasteiger partial charge in [0.15, 0.2) is 0 Å². The van der Waals surface area contributed by atoms with Gasteiger partial charge in [-0.2, -0.15) is 12.7 Å². The van der Waals surface area contributed by atoms with Crippen LogP contribution >= 0.6 is 0 Å². The van der Waals surface area contributed by atoms with Crippen LogP contribution in [0, 0.1) is 0 Å². The molecule has 0 aliphatic rings. The fourth-order valence-electron chi connectivity index (χ4n) is 1.59. The maximum absolute atomic E-state index is 11.8. The Balaban J connectivity index is 4.77. The predicted molar refractivity (Wildman–Crippen MR) is 62.7 cm³/mol. The van der Waals surface area contributed by atoms with Crippen molar-refractivity contribution in [3.63, 3.8) is 0 Å². The Morgan fingerprint density at radius 3 is 2.13 bits per heavy atom. The lowest BCUT2D eigenvalue weighted by Gasteiger charge is -2.28. The van der Waals surface area contributed by atoms with Crippen molar-refractivity contribution in [2.45, 2.75) is 39.7 Å². The van der Waals surface area contributed by atoms with Gasteiger partial charge in [-0.25, -0.2) is 4.72 Å². The number of rotatable bonds is 8. The quantitative estimate of drug-likeness (QED) is 0.637. The average molecular weight is 237 g/mol. The lowest BCUT2D eigenvalue weighted by molar-refractivity contribution is 0.305. The first kappa shape index (κ1) is 14.8. The van der Waals surface area contributed by atoms with E-state index in [2.05, 4.69) is 4.72 Å². The third-order valence-corrected chi connectivity index (χ3v) is 4.09. The summed E-state index contributed by atoms with van der Waals surface area (Å²) < 4.78 is 27.6. The Morgan fingerprint density at radius 2 is 1.80 bits per heavy atom. The molecule has 0 radical (unpaired) electrons. The molecule has 0 aliphatic heterocycles. The zero-order chi connectivity index (χ0) is 11.9. The zero-order valence-corrected chi connectivity index (χ0v) is 10.7. The summed E-state index contributed by atoms with van der Waals surface area (Å²) in [7, 11) is -3.35. The first-order valence-corrected chi connectivity index (χ1v) is 6.93. The van der Waals surface area contributed by atoms with Crippen LogP contribution in [-0.4, -0.2) is 38.4 Å². The van der Waals surface area contributed by atoms with Gasteiger partial charge in [-0.15, -0.1) is 0 Å². The van der Waals surface area contributed by atoms with Crippen molar-refractivity contribution in [2.24, 2.45) is 5.73 Å². The predicted octanol–water partition coefficient (Wildman–Crippen LogP) is 0.290. The molecule has 0 unspecified atom stereocenters. The fraction of sp³-hybridized carbons (Fsp3) is 1.00. The van der Waals surface area contributed by atoms with E-state index in [1.54, 1.807) is 6.92 Å². The third-order valence-electron chi connectivity index (χ3n) is 2.33. The summed E-state index contributed by atoms with van der Waals surface area (Å²) in [4.78, 5) is 0. The molecule has 0 amide bonds. The highest BCUT2D eigenvalue weighted by atomic mass is 32.2. The molecule has 6 heteroatoms. The molecule has 0 bridgehead atoms. The monoisotopic (exact) mass is 237 g/mol. The summed E-state index contributed by atoms with van der Waals surface area (Å²) in [5.41, 5.74) is 5.44. The first-order chi connectivity index (χ1) is 7.03. The standard InChI is InChI=1S/C9H23N3O2S/c1-4-9(5-2)12(8-7-10)15(13,14)11-6-3/h9,11H,4-8,10H2,1-3H3. The summed E-state index contributed by atoms with van der Waals surface area (Å²) in [6, 6.07) is 0.0394. The molecule has 0 spiro atoms. The van der Waals surface area contributed by atoms with E-state index < -0.39 is 10.2 Å². The average Bonchev–Trinajstić information content (AvgIpc) is 2.18. The van der Waals surface area contributed by atoms with E-state index in [0.717, 1.165) is 12.8 Å². The maximum atomic E-state index is 11.8. The highest BCUT2D eigenvalue weighted by molar-refractivity contribution is 7.87. The SMILES string of the molecule is CCNS(=O)(=O)N(CCN)C(CC)CC. The molecule has 92 valence electrons. The topological polar surface area (TPSA) is 75.4 Å². The van der Waals surface area contributed by atoms with Crippen molar-refractivity contribution >= 4 is 10.2 Å². The molecule has 0 aromatic heterocycles. The van der Waals surface area contributed by atoms with Crippen LogP contribution in [0.2, 0.25) is 0 Å². The first-order valence-electron chi connectivity index (χ1n) is 5.49. The third kappa shape index (κ3) is 4.46. The Hall–Kier alpha value is -0.170. The van der Waals surface area contributed by atoms with Crippen LogP contribution in [0.3, 0.4) is 0 Å². The molecule has 0 rings (SSSR count). The molecule has 0 aliphatic carbocycles. The van der Waals surface area contributed by atoms with Crippen LogP contribution in [0.1, 0.15) is 33.6 Å². The minimum absolute atomic E-state index is 0.0394. The number of hydrogen-bond donors (Lipinski definition) is 2. The van der Waals surface area contributed by atoms with E-state index in [9.17, 15) is 8.42 Å². The Bertz CT molecular complexity index is 250. The van der Waals surface area contributed by atoms with E-state index in [1.165, 1.54) is 4.31 Å². The van der Waals surface area contributed by atoms with Gasteiger partial charge in [0, 0.05) is 25.7 Å². The van der Waals surface area contributed by atoms with Gasteiger partial charge in [0.2, 0.25) is 0 Å². The number of nitrogens with two attached hydrogens (primary N) is 1. The molecule has 0 saturated carbocycles. The van der Waals surface area contributed by atoms with Crippen LogP contribution in [0.5, 0.6) is 0 Å². The van der Waals surface area contributed by atoms with E-state index in [1.807, 2.05) is 13.8 Å². The molecular formula is C9H23N3O2S. The van der Waals surface area contributed by atoms with Crippen molar-refractivity contribution in [1.29, 1.82) is 0 Å². The molecule has 0 saturated heterocycles. The van der Waals surface area contributed by atoms with Crippen molar-refractivity contribution in [2.75, 3.05) is 19.6 Å². The summed E-state index contributed by atoms with van der Waals surface area (Å²) in [6.45, 7) is 6.87. The summed E-state index contributed by atoms with van der Waals surface area (Å²) in [6.07, 6.45) is 1.61. The fourth-order valence-corrected chi connectivity index (χ4v) is 3.15. The highest BCUT2D eigenvalue weighted by Gasteiger charge is 2.26. The summed E-state index contributed by atoms with van der Waals surface area (Å²) >= 11 is 0. The summed E-state index contributed by atoms with van der Waals surface area (Å²) in [5.74, 6) is 0. The van der Waals surface area contributed by atoms with Gasteiger partial charge in [0.25, 0.3) is 10.2 Å². The molecule has 0 aromatic rings. The van der Waals surface area contributed by atoms with Gasteiger partial charge in [0.05, 0.1) is 0 Å². The van der Waals surface area contributed by atoms with Gasteiger partial charge >= 0.3 is 0 Å². The van der Waals surface area contributed by atoms with Gasteiger partial charge in [-0.3, -0.25) is 0 Å². The van der Waals surface area contributed by atoms with Crippen LogP contribution in [0.4, 0.5) is 0 Å². The van der Waals surface area contributed by atoms with Crippen molar-refractivity contribution in [1.82, 2.24) is 9.03 Å². The number of nitrogens with zero attached hydrogens (tertiary/aromatic N) is 1. The van der Waals surface area contributed by atoms with Crippen LogP contribution in [0.15, 0.2) is 0 Å². The molecule has 3 N–H and O–H groups in total. The highest BCUT2D eigenvalue weighted by Crippen LogP contribution is 2.11. The Kier molecular flexibility index (Phi) is 7.08. The second-order valence-corrected chi connectivity index (χ2v) is 5.08. The number of hydrogen-bond acceptors (Lipinski definition) is 3. The van der Waals surface area contributed by atoms with Crippen molar-refractivity contribution in [3.8, 4) is 0 Å². The van der Waals surface area contributed by atoms with Crippen LogP contribution in [-0.2, 0) is 10.2 Å². The van der Waals surface area contributed by atoms with Gasteiger partial charge in [-0.1, -0.05) is 20.8 Å². The second kappa shape index (κ2) is 7.16. The van der Waals surface area contributed by atoms with Gasteiger partial charge in [-0.05, 0) is 12.8 Å². The van der Waals surface area contributed by atoms with E-state index in [4.69, 9.17) is 5.73 Å². The second-order valence-electron chi connectivity index (χ2n) is 3.37. The normalized spacial score (nSPS) is 12.7. The lowest BCUT2D eigenvalue weighted by Crippen LogP contribution is -2.48. The van der Waals surface area contributed by atoms with Crippen molar-refractivity contribution in [3.05, 3.63) is 0 Å². The molecule has 0 aromatic carbocycles. The van der Waals surface area contributed by atoms with Gasteiger partial charge < -0.3 is 5.73 Å². The molecule has 0 fully saturated rings. The maximum Gasteiger partial charge on any atom is 0.279 e. The molecule has 0 heterocycles. The Morgan fingerprint density at radius 1 is 1.27 bits per heavy atom. The van der Waals surface area contributed by atoms with E-state index in [-0.39, 0.29) is 6.04 Å². The molecule has 5 nitrogen and oxygen atoms in total. The van der Waals surface area contributed by atoms with Crippen LogP contribution in [0.25, 0.3) is 0 Å². The smallest absolute Gasteiger partial charge is 0.279 e. The van der Waals surface area contributed by atoms with Crippen molar-refractivity contribution < 1.29 is 8.42 Å². The minimum Gasteiger partial charge on any atom is -0.329 e. The zero-order valence-electron chi connectivity index (χ0n) is 9.86. The van der Waals surface area contributed by atoms with Crippen LogP contribution < -0.4 is 10.5 Å². The van der Waals surface area contributed by atoms with Gasteiger partial charge in [0.1, 0.15) is 0 Å². The van der Waals surface area contributed by atoms with E-state index in [0.29, 0.717) is 19.6 Å². The molecular weight excluding hydrogens is 214 g/mol. The Labute approximate surface area is 93.2 Å². The minimum atomic E-state index is -3.35. The van der Waals surface area contributed by atoms with E-state index >= 15 is 0 Å².